The minimum Gasteiger partial charge on any atom is -0.252 e. The average molecular weight is 220 g/mol. The largest absolute Gasteiger partial charge is 0.433 e. The van der Waals surface area contributed by atoms with Crippen LogP contribution in [0.4, 0.5) is 13.2 Å². The van der Waals surface area contributed by atoms with E-state index in [1.807, 2.05) is 0 Å². The van der Waals surface area contributed by atoms with Gasteiger partial charge < -0.3 is 0 Å². The van der Waals surface area contributed by atoms with Crippen LogP contribution in [0.1, 0.15) is 5.69 Å². The summed E-state index contributed by atoms with van der Waals surface area (Å²) in [4.78, 5) is 3.12. The maximum Gasteiger partial charge on any atom is 0.433 e. The summed E-state index contributed by atoms with van der Waals surface area (Å²) < 4.78 is 35.2. The van der Waals surface area contributed by atoms with Gasteiger partial charge in [-0.05, 0) is 12.1 Å². The highest BCUT2D eigenvalue weighted by atomic mass is 35.5. The lowest BCUT2D eigenvalue weighted by Crippen LogP contribution is -2.06. The van der Waals surface area contributed by atoms with Crippen LogP contribution < -0.4 is 0 Å². The first kappa shape index (κ1) is 14.1. The molecule has 0 saturated carbocycles. The molecule has 0 fully saturated rings. The summed E-state index contributed by atoms with van der Waals surface area (Å²) in [6.07, 6.45) is -3.20. The molecule has 6 heteroatoms. The van der Waals surface area contributed by atoms with Gasteiger partial charge in [0.1, 0.15) is 5.69 Å². The summed E-state index contributed by atoms with van der Waals surface area (Å²) in [6, 6.07) is 3.67. The van der Waals surface area contributed by atoms with E-state index < -0.39 is 11.9 Å². The Bertz CT molecular complexity index is 212. The van der Waals surface area contributed by atoms with Crippen molar-refractivity contribution in [3.63, 3.8) is 0 Å². The number of hydrogen-bond acceptors (Lipinski definition) is 1. The number of rotatable bonds is 0. The van der Waals surface area contributed by atoms with Crippen molar-refractivity contribution in [3.05, 3.63) is 30.1 Å². The zero-order chi connectivity index (χ0) is 7.61. The van der Waals surface area contributed by atoms with Crippen molar-refractivity contribution in [1.82, 2.24) is 4.98 Å². The Kier molecular flexibility index (Phi) is 6.11. The van der Waals surface area contributed by atoms with Crippen molar-refractivity contribution in [2.75, 3.05) is 0 Å². The molecular formula is C6H6Cl2F3N. The molecule has 1 aromatic heterocycles. The summed E-state index contributed by atoms with van der Waals surface area (Å²) in [5.41, 5.74) is -0.852. The van der Waals surface area contributed by atoms with Gasteiger partial charge in [0.25, 0.3) is 0 Å². The number of alkyl halides is 3. The summed E-state index contributed by atoms with van der Waals surface area (Å²) in [5, 5.41) is 0. The SMILES string of the molecule is Cl.Cl.FC(F)(F)c1ccccn1. The average Bonchev–Trinajstić information content (AvgIpc) is 1.88. The van der Waals surface area contributed by atoms with E-state index >= 15 is 0 Å². The predicted molar refractivity (Wildman–Crippen MR) is 43.7 cm³/mol. The van der Waals surface area contributed by atoms with Gasteiger partial charge in [0.05, 0.1) is 0 Å². The molecule has 0 aromatic carbocycles. The van der Waals surface area contributed by atoms with Crippen LogP contribution >= 0.6 is 24.8 Å². The van der Waals surface area contributed by atoms with Gasteiger partial charge in [-0.3, -0.25) is 4.98 Å². The molecule has 1 rings (SSSR count). The first-order chi connectivity index (χ1) is 4.61. The van der Waals surface area contributed by atoms with Crippen LogP contribution in [0, 0.1) is 0 Å². The lowest BCUT2D eigenvalue weighted by molar-refractivity contribution is -0.141. The third-order valence-electron chi connectivity index (χ3n) is 0.955. The van der Waals surface area contributed by atoms with E-state index in [2.05, 4.69) is 4.98 Å². The first-order valence-electron chi connectivity index (χ1n) is 2.59. The Morgan fingerprint density at radius 3 is 1.92 bits per heavy atom. The number of aromatic nitrogens is 1. The molecular weight excluding hydrogens is 214 g/mol. The summed E-state index contributed by atoms with van der Waals surface area (Å²) in [6.45, 7) is 0. The third kappa shape index (κ3) is 3.78. The minimum absolute atomic E-state index is 0. The van der Waals surface area contributed by atoms with Crippen molar-refractivity contribution in [1.29, 1.82) is 0 Å². The molecule has 1 aromatic rings. The van der Waals surface area contributed by atoms with E-state index in [9.17, 15) is 13.2 Å². The Balaban J connectivity index is 0. The van der Waals surface area contributed by atoms with Gasteiger partial charge in [-0.2, -0.15) is 13.2 Å². The van der Waals surface area contributed by atoms with Crippen molar-refractivity contribution < 1.29 is 13.2 Å². The fraction of sp³-hybridized carbons (Fsp3) is 0.167. The highest BCUT2D eigenvalue weighted by molar-refractivity contribution is 5.85. The van der Waals surface area contributed by atoms with E-state index in [1.165, 1.54) is 12.1 Å². The van der Waals surface area contributed by atoms with Gasteiger partial charge in [-0.1, -0.05) is 6.07 Å². The van der Waals surface area contributed by atoms with E-state index in [-0.39, 0.29) is 24.8 Å². The highest BCUT2D eigenvalue weighted by Gasteiger charge is 2.31. The van der Waals surface area contributed by atoms with E-state index in [0.717, 1.165) is 12.3 Å². The van der Waals surface area contributed by atoms with Gasteiger partial charge in [0.2, 0.25) is 0 Å². The zero-order valence-corrected chi connectivity index (χ0v) is 7.34. The van der Waals surface area contributed by atoms with Crippen molar-refractivity contribution >= 4 is 24.8 Å². The normalized spacial score (nSPS) is 9.58. The number of pyridine rings is 1. The molecule has 0 spiro atoms. The van der Waals surface area contributed by atoms with Crippen LogP contribution in [-0.2, 0) is 6.18 Å². The molecule has 0 radical (unpaired) electrons. The standard InChI is InChI=1S/C6H4F3N.2ClH/c7-6(8,9)5-3-1-2-4-10-5;;/h1-4H;2*1H. The van der Waals surface area contributed by atoms with Crippen LogP contribution in [0.2, 0.25) is 0 Å². The zero-order valence-electron chi connectivity index (χ0n) is 5.71. The smallest absolute Gasteiger partial charge is 0.252 e. The van der Waals surface area contributed by atoms with Gasteiger partial charge in [0, 0.05) is 6.20 Å². The Morgan fingerprint density at radius 1 is 1.08 bits per heavy atom. The Labute approximate surface area is 79.8 Å². The summed E-state index contributed by atoms with van der Waals surface area (Å²) in [7, 11) is 0. The molecule has 12 heavy (non-hydrogen) atoms. The van der Waals surface area contributed by atoms with Crippen LogP contribution in [0.3, 0.4) is 0 Å². The van der Waals surface area contributed by atoms with Gasteiger partial charge in [-0.15, -0.1) is 24.8 Å². The van der Waals surface area contributed by atoms with E-state index in [0.29, 0.717) is 0 Å². The van der Waals surface area contributed by atoms with Crippen LogP contribution in [0.5, 0.6) is 0 Å². The fourth-order valence-corrected chi connectivity index (χ4v) is 0.530. The molecule has 70 valence electrons. The maximum absolute atomic E-state index is 11.7. The highest BCUT2D eigenvalue weighted by Crippen LogP contribution is 2.26. The van der Waals surface area contributed by atoms with Crippen LogP contribution in [0.15, 0.2) is 24.4 Å². The van der Waals surface area contributed by atoms with Crippen molar-refractivity contribution in [3.8, 4) is 0 Å². The number of hydrogen-bond donors (Lipinski definition) is 0. The lowest BCUT2D eigenvalue weighted by atomic mass is 10.3. The van der Waals surface area contributed by atoms with Crippen molar-refractivity contribution in [2.45, 2.75) is 6.18 Å². The Morgan fingerprint density at radius 2 is 1.67 bits per heavy atom. The van der Waals surface area contributed by atoms with E-state index in [1.54, 1.807) is 0 Å². The molecule has 0 unspecified atom stereocenters. The quantitative estimate of drug-likeness (QED) is 0.654. The molecule has 0 aliphatic rings. The number of halogens is 5. The van der Waals surface area contributed by atoms with Gasteiger partial charge in [0.15, 0.2) is 0 Å². The van der Waals surface area contributed by atoms with Crippen LogP contribution in [0.25, 0.3) is 0 Å². The molecule has 1 heterocycles. The molecule has 0 atom stereocenters. The molecule has 0 saturated heterocycles. The lowest BCUT2D eigenvalue weighted by Gasteiger charge is -2.02. The minimum atomic E-state index is -4.32. The molecule has 0 N–H and O–H groups in total. The number of nitrogens with zero attached hydrogens (tertiary/aromatic N) is 1. The molecule has 0 bridgehead atoms. The van der Waals surface area contributed by atoms with Crippen LogP contribution in [-0.4, -0.2) is 4.98 Å². The van der Waals surface area contributed by atoms with Gasteiger partial charge >= 0.3 is 6.18 Å². The molecule has 1 nitrogen and oxygen atoms in total. The van der Waals surface area contributed by atoms with Crippen molar-refractivity contribution in [2.24, 2.45) is 0 Å². The topological polar surface area (TPSA) is 12.9 Å². The fourth-order valence-electron chi connectivity index (χ4n) is 0.530. The van der Waals surface area contributed by atoms with E-state index in [4.69, 9.17) is 0 Å². The second kappa shape index (κ2) is 5.22. The Hall–Kier alpha value is -0.480. The summed E-state index contributed by atoms with van der Waals surface area (Å²) >= 11 is 0. The second-order valence-corrected chi connectivity index (χ2v) is 1.71. The van der Waals surface area contributed by atoms with Gasteiger partial charge in [-0.25, -0.2) is 0 Å². The first-order valence-corrected chi connectivity index (χ1v) is 2.59. The molecule has 0 aliphatic carbocycles. The maximum atomic E-state index is 11.7. The predicted octanol–water partition coefficient (Wildman–Crippen LogP) is 2.94. The second-order valence-electron chi connectivity index (χ2n) is 1.71. The monoisotopic (exact) mass is 219 g/mol. The summed E-state index contributed by atoms with van der Waals surface area (Å²) in [5.74, 6) is 0. The third-order valence-corrected chi connectivity index (χ3v) is 0.955. The molecule has 0 aliphatic heterocycles. The molecule has 0 amide bonds.